The van der Waals surface area contributed by atoms with Crippen LogP contribution < -0.4 is 5.32 Å². The van der Waals surface area contributed by atoms with E-state index in [1.165, 1.54) is 0 Å². The second-order valence-corrected chi connectivity index (χ2v) is 6.04. The van der Waals surface area contributed by atoms with Crippen LogP contribution >= 0.6 is 0 Å². The maximum absolute atomic E-state index is 13.6. The molecule has 3 nitrogen and oxygen atoms in total. The lowest BCUT2D eigenvalue weighted by Gasteiger charge is -2.38. The number of likely N-dealkylation sites (N-methyl/N-ethyl adjacent to an activating group) is 2. The van der Waals surface area contributed by atoms with Gasteiger partial charge in [-0.3, -0.25) is 4.90 Å². The lowest BCUT2D eigenvalue weighted by Crippen LogP contribution is -2.53. The number of rotatable bonds is 4. The summed E-state index contributed by atoms with van der Waals surface area (Å²) in [7, 11) is 4.34. The van der Waals surface area contributed by atoms with Crippen molar-refractivity contribution in [3.05, 3.63) is 35.1 Å². The standard InChI is InChI=1S/C16H26FN3/c1-12-5-6-14(9-16(12)17)13(2)18-10-15-11-19(3)7-8-20(15)4/h5-6,9,13,15,18H,7-8,10-11H2,1-4H3. The van der Waals surface area contributed by atoms with Crippen LogP contribution in [-0.4, -0.2) is 56.1 Å². The molecule has 1 fully saturated rings. The summed E-state index contributed by atoms with van der Waals surface area (Å²) in [5, 5.41) is 3.53. The fraction of sp³-hybridized carbons (Fsp3) is 0.625. The average Bonchev–Trinajstić information content (AvgIpc) is 2.42. The quantitative estimate of drug-likeness (QED) is 0.910. The summed E-state index contributed by atoms with van der Waals surface area (Å²) in [4.78, 5) is 4.76. The predicted molar refractivity (Wildman–Crippen MR) is 81.5 cm³/mol. The summed E-state index contributed by atoms with van der Waals surface area (Å²) in [6.07, 6.45) is 0. The minimum atomic E-state index is -0.120. The Labute approximate surface area is 121 Å². The van der Waals surface area contributed by atoms with Gasteiger partial charge in [-0.1, -0.05) is 12.1 Å². The van der Waals surface area contributed by atoms with Crippen LogP contribution in [0.1, 0.15) is 24.1 Å². The normalized spacial score (nSPS) is 22.9. The Balaban J connectivity index is 1.90. The van der Waals surface area contributed by atoms with E-state index >= 15 is 0 Å². The second-order valence-electron chi connectivity index (χ2n) is 6.04. The highest BCUT2D eigenvalue weighted by Crippen LogP contribution is 2.16. The minimum Gasteiger partial charge on any atom is -0.309 e. The zero-order valence-electron chi connectivity index (χ0n) is 13.0. The second kappa shape index (κ2) is 6.66. The number of nitrogens with one attached hydrogen (secondary N) is 1. The zero-order chi connectivity index (χ0) is 14.7. The van der Waals surface area contributed by atoms with Gasteiger partial charge in [0.1, 0.15) is 5.82 Å². The van der Waals surface area contributed by atoms with Crippen molar-refractivity contribution in [1.29, 1.82) is 0 Å². The topological polar surface area (TPSA) is 18.5 Å². The summed E-state index contributed by atoms with van der Waals surface area (Å²) in [6, 6.07) is 6.19. The minimum absolute atomic E-state index is 0.120. The van der Waals surface area contributed by atoms with Crippen molar-refractivity contribution >= 4 is 0 Å². The van der Waals surface area contributed by atoms with E-state index in [1.54, 1.807) is 13.0 Å². The molecule has 1 aliphatic rings. The van der Waals surface area contributed by atoms with Crippen molar-refractivity contribution in [1.82, 2.24) is 15.1 Å². The third-order valence-electron chi connectivity index (χ3n) is 4.34. The van der Waals surface area contributed by atoms with Gasteiger partial charge in [-0.25, -0.2) is 4.39 Å². The summed E-state index contributed by atoms with van der Waals surface area (Å²) in [5.74, 6) is -0.120. The molecular weight excluding hydrogens is 253 g/mol. The van der Waals surface area contributed by atoms with Crippen molar-refractivity contribution in [2.24, 2.45) is 0 Å². The van der Waals surface area contributed by atoms with E-state index in [0.717, 1.165) is 31.7 Å². The van der Waals surface area contributed by atoms with Gasteiger partial charge in [0, 0.05) is 38.3 Å². The van der Waals surface area contributed by atoms with E-state index in [-0.39, 0.29) is 11.9 Å². The first-order valence-electron chi connectivity index (χ1n) is 7.35. The van der Waals surface area contributed by atoms with E-state index in [9.17, 15) is 4.39 Å². The molecule has 20 heavy (non-hydrogen) atoms. The van der Waals surface area contributed by atoms with Crippen LogP contribution in [0.25, 0.3) is 0 Å². The lowest BCUT2D eigenvalue weighted by atomic mass is 10.1. The van der Waals surface area contributed by atoms with Gasteiger partial charge < -0.3 is 10.2 Å². The smallest absolute Gasteiger partial charge is 0.126 e. The number of nitrogens with zero attached hydrogens (tertiary/aromatic N) is 2. The van der Waals surface area contributed by atoms with Crippen LogP contribution in [0, 0.1) is 12.7 Å². The molecule has 0 aromatic heterocycles. The molecule has 2 atom stereocenters. The predicted octanol–water partition coefficient (Wildman–Crippen LogP) is 2.03. The van der Waals surface area contributed by atoms with E-state index in [4.69, 9.17) is 0 Å². The number of benzene rings is 1. The maximum atomic E-state index is 13.6. The SMILES string of the molecule is Cc1ccc(C(C)NCC2CN(C)CCN2C)cc1F. The molecule has 1 aromatic rings. The molecule has 0 spiro atoms. The molecule has 0 radical (unpaired) electrons. The molecule has 1 aromatic carbocycles. The molecule has 1 N–H and O–H groups in total. The van der Waals surface area contributed by atoms with Crippen LogP contribution in [0.15, 0.2) is 18.2 Å². The summed E-state index contributed by atoms with van der Waals surface area (Å²) in [6.45, 7) is 8.14. The van der Waals surface area contributed by atoms with Crippen LogP contribution in [-0.2, 0) is 0 Å². The molecule has 4 heteroatoms. The van der Waals surface area contributed by atoms with E-state index < -0.39 is 0 Å². The molecule has 2 unspecified atom stereocenters. The van der Waals surface area contributed by atoms with Gasteiger partial charge in [0.05, 0.1) is 0 Å². The number of hydrogen-bond acceptors (Lipinski definition) is 3. The molecule has 1 saturated heterocycles. The Bertz CT molecular complexity index is 449. The van der Waals surface area contributed by atoms with Gasteiger partial charge in [0.15, 0.2) is 0 Å². The number of halogens is 1. The molecule has 0 bridgehead atoms. The van der Waals surface area contributed by atoms with Crippen molar-refractivity contribution < 1.29 is 4.39 Å². The van der Waals surface area contributed by atoms with Crippen LogP contribution in [0.5, 0.6) is 0 Å². The fourth-order valence-corrected chi connectivity index (χ4v) is 2.63. The molecule has 0 saturated carbocycles. The van der Waals surface area contributed by atoms with Crippen molar-refractivity contribution in [2.75, 3.05) is 40.3 Å². The number of piperazine rings is 1. The third-order valence-corrected chi connectivity index (χ3v) is 4.34. The average molecular weight is 279 g/mol. The van der Waals surface area contributed by atoms with Gasteiger partial charge in [0.2, 0.25) is 0 Å². The summed E-state index contributed by atoms with van der Waals surface area (Å²) < 4.78 is 13.6. The first kappa shape index (κ1) is 15.4. The monoisotopic (exact) mass is 279 g/mol. The Morgan fingerprint density at radius 3 is 2.80 bits per heavy atom. The van der Waals surface area contributed by atoms with E-state index in [0.29, 0.717) is 11.6 Å². The van der Waals surface area contributed by atoms with Crippen LogP contribution in [0.2, 0.25) is 0 Å². The molecular formula is C16H26FN3. The van der Waals surface area contributed by atoms with Crippen LogP contribution in [0.4, 0.5) is 4.39 Å². The Morgan fingerprint density at radius 1 is 1.35 bits per heavy atom. The van der Waals surface area contributed by atoms with Gasteiger partial charge in [-0.05, 0) is 45.1 Å². The third kappa shape index (κ3) is 3.78. The lowest BCUT2D eigenvalue weighted by molar-refractivity contribution is 0.112. The van der Waals surface area contributed by atoms with Gasteiger partial charge in [0.25, 0.3) is 0 Å². The van der Waals surface area contributed by atoms with Gasteiger partial charge >= 0.3 is 0 Å². The highest BCUT2D eigenvalue weighted by atomic mass is 19.1. The molecule has 0 aliphatic carbocycles. The van der Waals surface area contributed by atoms with E-state index in [2.05, 4.69) is 36.1 Å². The molecule has 1 aliphatic heterocycles. The zero-order valence-corrected chi connectivity index (χ0v) is 13.0. The van der Waals surface area contributed by atoms with Crippen molar-refractivity contribution in [3.8, 4) is 0 Å². The van der Waals surface area contributed by atoms with Crippen molar-refractivity contribution in [3.63, 3.8) is 0 Å². The summed E-state index contributed by atoms with van der Waals surface area (Å²) in [5.41, 5.74) is 1.72. The fourth-order valence-electron chi connectivity index (χ4n) is 2.63. The molecule has 1 heterocycles. The first-order valence-corrected chi connectivity index (χ1v) is 7.35. The summed E-state index contributed by atoms with van der Waals surface area (Å²) >= 11 is 0. The van der Waals surface area contributed by atoms with Crippen molar-refractivity contribution in [2.45, 2.75) is 25.9 Å². The molecule has 2 rings (SSSR count). The van der Waals surface area contributed by atoms with Gasteiger partial charge in [-0.15, -0.1) is 0 Å². The van der Waals surface area contributed by atoms with E-state index in [1.807, 2.05) is 12.1 Å². The molecule has 0 amide bonds. The largest absolute Gasteiger partial charge is 0.309 e. The molecule has 112 valence electrons. The maximum Gasteiger partial charge on any atom is 0.126 e. The highest BCUT2D eigenvalue weighted by molar-refractivity contribution is 5.25. The number of hydrogen-bond donors (Lipinski definition) is 1. The first-order chi connectivity index (χ1) is 9.47. The highest BCUT2D eigenvalue weighted by Gasteiger charge is 2.22. The van der Waals surface area contributed by atoms with Gasteiger partial charge in [-0.2, -0.15) is 0 Å². The Morgan fingerprint density at radius 2 is 2.10 bits per heavy atom. The Hall–Kier alpha value is -0.970. The number of aryl methyl sites for hydroxylation is 1. The Kier molecular flexibility index (Phi) is 5.13. The van der Waals surface area contributed by atoms with Crippen LogP contribution in [0.3, 0.4) is 0 Å².